The van der Waals surface area contributed by atoms with Crippen LogP contribution in [0.5, 0.6) is 0 Å². The lowest BCUT2D eigenvalue weighted by molar-refractivity contribution is -0.384. The Balaban J connectivity index is 1.48. The molecular formula is C35H39N3O6. The number of benzene rings is 3. The smallest absolute Gasteiger partial charge is 0.336 e. The molecule has 3 atom stereocenters. The Hall–Kier alpha value is -4.50. The molecule has 44 heavy (non-hydrogen) atoms. The molecule has 0 spiro atoms. The minimum Gasteiger partial charge on any atom is -0.481 e. The topological polar surface area (TPSA) is 122 Å². The molecule has 3 unspecified atom stereocenters. The number of piperidine rings is 1. The van der Waals surface area contributed by atoms with E-state index in [1.165, 1.54) is 36.4 Å². The highest BCUT2D eigenvalue weighted by atomic mass is 16.6. The van der Waals surface area contributed by atoms with E-state index in [0.717, 1.165) is 25.9 Å². The zero-order valence-corrected chi connectivity index (χ0v) is 25.4. The van der Waals surface area contributed by atoms with E-state index in [2.05, 4.69) is 58.7 Å². The number of esters is 1. The predicted molar refractivity (Wildman–Crippen MR) is 167 cm³/mol. The first-order chi connectivity index (χ1) is 21.1. The number of non-ortho nitro benzene ring substituents is 1. The fourth-order valence-electron chi connectivity index (χ4n) is 7.45. The lowest BCUT2D eigenvalue weighted by Crippen LogP contribution is -2.58. The molecular weight excluding hydrogens is 558 g/mol. The molecule has 2 aliphatic heterocycles. The Labute approximate surface area is 257 Å². The molecule has 0 bridgehead atoms. The van der Waals surface area contributed by atoms with Gasteiger partial charge in [-0.1, -0.05) is 72.8 Å². The number of allylic oxidation sites excluding steroid dienone is 1. The molecule has 9 nitrogen and oxygen atoms in total. The molecule has 0 aromatic heterocycles. The van der Waals surface area contributed by atoms with Crippen LogP contribution in [0.3, 0.4) is 0 Å². The molecule has 5 rings (SSSR count). The van der Waals surface area contributed by atoms with Crippen molar-refractivity contribution < 1.29 is 24.4 Å². The number of carboxylic acids is 1. The second-order valence-corrected chi connectivity index (χ2v) is 11.9. The molecule has 1 fully saturated rings. The van der Waals surface area contributed by atoms with Crippen molar-refractivity contribution in [2.75, 3.05) is 26.7 Å². The first kappa shape index (κ1) is 30.9. The van der Waals surface area contributed by atoms with Crippen LogP contribution in [0, 0.1) is 15.5 Å². The lowest BCUT2D eigenvalue weighted by Gasteiger charge is -2.48. The molecule has 0 radical (unpaired) electrons. The van der Waals surface area contributed by atoms with Gasteiger partial charge in [-0.3, -0.25) is 14.9 Å². The minimum absolute atomic E-state index is 0.146. The van der Waals surface area contributed by atoms with E-state index in [0.29, 0.717) is 17.8 Å². The number of methoxy groups -OCH3 is 1. The molecule has 0 saturated carbocycles. The van der Waals surface area contributed by atoms with Crippen LogP contribution in [0.15, 0.2) is 96.2 Å². The number of nitro benzene ring substituents is 1. The van der Waals surface area contributed by atoms with Gasteiger partial charge in [0, 0.05) is 35.2 Å². The normalized spacial score (nSPS) is 23.4. The molecule has 230 valence electrons. The lowest BCUT2D eigenvalue weighted by atomic mass is 9.60. The number of hydrogen-bond acceptors (Lipinski definition) is 7. The third-order valence-electron chi connectivity index (χ3n) is 9.84. The van der Waals surface area contributed by atoms with Crippen LogP contribution in [0.25, 0.3) is 0 Å². The van der Waals surface area contributed by atoms with Gasteiger partial charge < -0.3 is 20.1 Å². The van der Waals surface area contributed by atoms with Crippen molar-refractivity contribution in [2.24, 2.45) is 5.41 Å². The maximum absolute atomic E-state index is 13.4. The first-order valence-electron chi connectivity index (χ1n) is 15.0. The minimum atomic E-state index is -1.48. The van der Waals surface area contributed by atoms with Crippen LogP contribution in [-0.2, 0) is 19.7 Å². The standard InChI is InChI=1S/C35H39N3O6/c1-24-30(32(39)44-3)31(26-11-10-16-29(23-26)38(42)43)35(33(40)41,25(2)36-24)19-22-37-20-17-34(18-21-37,27-12-6-4-7-13-27)28-14-8-5-9-15-28/h4-16,23,25,31,36H,17-22H2,1-3H3,(H,40,41). The molecule has 9 heteroatoms. The first-order valence-corrected chi connectivity index (χ1v) is 15.0. The van der Waals surface area contributed by atoms with Gasteiger partial charge in [0.05, 0.1) is 23.0 Å². The summed E-state index contributed by atoms with van der Waals surface area (Å²) in [6.07, 6.45) is 1.96. The van der Waals surface area contributed by atoms with Gasteiger partial charge in [0.1, 0.15) is 0 Å². The van der Waals surface area contributed by atoms with E-state index in [1.54, 1.807) is 13.0 Å². The number of ether oxygens (including phenoxy) is 1. The molecule has 2 heterocycles. The summed E-state index contributed by atoms with van der Waals surface area (Å²) in [4.78, 5) is 40.1. The molecule has 1 saturated heterocycles. The molecule has 3 aromatic rings. The highest BCUT2D eigenvalue weighted by Gasteiger charge is 2.56. The predicted octanol–water partition coefficient (Wildman–Crippen LogP) is 5.66. The van der Waals surface area contributed by atoms with Gasteiger partial charge in [0.15, 0.2) is 0 Å². The second-order valence-electron chi connectivity index (χ2n) is 11.9. The Morgan fingerprint density at radius 1 is 1.00 bits per heavy atom. The van der Waals surface area contributed by atoms with Crippen molar-refractivity contribution in [1.29, 1.82) is 0 Å². The molecule has 0 amide bonds. The Kier molecular flexibility index (Phi) is 8.87. The summed E-state index contributed by atoms with van der Waals surface area (Å²) >= 11 is 0. The van der Waals surface area contributed by atoms with Crippen LogP contribution in [-0.4, -0.2) is 59.7 Å². The monoisotopic (exact) mass is 597 g/mol. The van der Waals surface area contributed by atoms with Gasteiger partial charge in [0.25, 0.3) is 5.69 Å². The third kappa shape index (κ3) is 5.48. The van der Waals surface area contributed by atoms with E-state index in [1.807, 2.05) is 19.1 Å². The number of hydrogen-bond donors (Lipinski definition) is 2. The summed E-state index contributed by atoms with van der Waals surface area (Å²) in [5, 5.41) is 25.9. The number of nitro groups is 1. The second kappa shape index (κ2) is 12.6. The summed E-state index contributed by atoms with van der Waals surface area (Å²) in [7, 11) is 1.26. The summed E-state index contributed by atoms with van der Waals surface area (Å²) in [6.45, 7) is 5.54. The van der Waals surface area contributed by atoms with E-state index >= 15 is 0 Å². The summed E-state index contributed by atoms with van der Waals surface area (Å²) in [6, 6.07) is 26.5. The van der Waals surface area contributed by atoms with Crippen LogP contribution in [0.1, 0.15) is 55.7 Å². The van der Waals surface area contributed by atoms with Crippen LogP contribution >= 0.6 is 0 Å². The van der Waals surface area contributed by atoms with Crippen LogP contribution in [0.2, 0.25) is 0 Å². The highest BCUT2D eigenvalue weighted by Crippen LogP contribution is 2.51. The van der Waals surface area contributed by atoms with Gasteiger partial charge >= 0.3 is 11.9 Å². The Morgan fingerprint density at radius 2 is 1.59 bits per heavy atom. The van der Waals surface area contributed by atoms with E-state index < -0.39 is 34.2 Å². The maximum Gasteiger partial charge on any atom is 0.336 e. The van der Waals surface area contributed by atoms with E-state index in [4.69, 9.17) is 4.74 Å². The summed E-state index contributed by atoms with van der Waals surface area (Å²) in [5.41, 5.74) is 1.84. The van der Waals surface area contributed by atoms with Gasteiger partial charge in [-0.2, -0.15) is 0 Å². The SMILES string of the molecule is COC(=O)C1=C(C)NC(C)C(CCN2CCC(c3ccccc3)(c3ccccc3)CC2)(C(=O)O)C1c1cccc([N+](=O)[O-])c1. The zero-order chi connectivity index (χ0) is 31.5. The fraction of sp³-hybridized carbons (Fsp3) is 0.371. The average molecular weight is 598 g/mol. The number of nitrogens with zero attached hydrogens (tertiary/aromatic N) is 2. The van der Waals surface area contributed by atoms with Gasteiger partial charge in [-0.25, -0.2) is 4.79 Å². The summed E-state index contributed by atoms with van der Waals surface area (Å²) < 4.78 is 5.13. The largest absolute Gasteiger partial charge is 0.481 e. The molecule has 2 aliphatic rings. The van der Waals surface area contributed by atoms with E-state index in [-0.39, 0.29) is 23.1 Å². The van der Waals surface area contributed by atoms with Gasteiger partial charge in [-0.05, 0) is 69.4 Å². The molecule has 0 aliphatic carbocycles. The van der Waals surface area contributed by atoms with Crippen molar-refractivity contribution in [1.82, 2.24) is 10.2 Å². The molecule has 3 aromatic carbocycles. The van der Waals surface area contributed by atoms with Gasteiger partial charge in [0.2, 0.25) is 0 Å². The van der Waals surface area contributed by atoms with Crippen molar-refractivity contribution in [3.8, 4) is 0 Å². The Morgan fingerprint density at radius 3 is 2.11 bits per heavy atom. The summed E-state index contributed by atoms with van der Waals surface area (Å²) in [5.74, 6) is -2.68. The van der Waals surface area contributed by atoms with Crippen molar-refractivity contribution >= 4 is 17.6 Å². The number of carbonyl (C=O) groups excluding carboxylic acids is 1. The average Bonchev–Trinajstić information content (AvgIpc) is 3.04. The van der Waals surface area contributed by atoms with E-state index in [9.17, 15) is 24.8 Å². The number of aliphatic carboxylic acids is 1. The number of carboxylic acid groups (broad SMARTS) is 1. The number of carbonyl (C=O) groups is 2. The third-order valence-corrected chi connectivity index (χ3v) is 9.84. The van der Waals surface area contributed by atoms with Crippen LogP contribution in [0.4, 0.5) is 5.69 Å². The number of rotatable bonds is 9. The maximum atomic E-state index is 13.4. The fourth-order valence-corrected chi connectivity index (χ4v) is 7.45. The quantitative estimate of drug-likeness (QED) is 0.184. The van der Waals surface area contributed by atoms with Gasteiger partial charge in [-0.15, -0.1) is 0 Å². The molecule has 2 N–H and O–H groups in total. The highest BCUT2D eigenvalue weighted by molar-refractivity contribution is 5.94. The van der Waals surface area contributed by atoms with Crippen molar-refractivity contribution in [3.63, 3.8) is 0 Å². The zero-order valence-electron chi connectivity index (χ0n) is 25.4. The van der Waals surface area contributed by atoms with Crippen LogP contribution < -0.4 is 5.32 Å². The Bertz CT molecular complexity index is 1510. The van der Waals surface area contributed by atoms with Crippen molar-refractivity contribution in [3.05, 3.63) is 123 Å². The number of likely N-dealkylation sites (tertiary alicyclic amines) is 1. The number of nitrogens with one attached hydrogen (secondary N) is 1. The van der Waals surface area contributed by atoms with Crippen molar-refractivity contribution in [2.45, 2.75) is 50.5 Å².